The maximum absolute atomic E-state index is 12.7. The highest BCUT2D eigenvalue weighted by atomic mass is 19.1. The van der Waals surface area contributed by atoms with Crippen molar-refractivity contribution >= 4 is 11.9 Å². The number of carbonyl (C=O) groups is 2. The van der Waals surface area contributed by atoms with Gasteiger partial charge >= 0.3 is 5.97 Å². The molecule has 6 nitrogen and oxygen atoms in total. The third kappa shape index (κ3) is 5.47. The van der Waals surface area contributed by atoms with Crippen molar-refractivity contribution in [2.24, 2.45) is 0 Å². The summed E-state index contributed by atoms with van der Waals surface area (Å²) in [5.41, 5.74) is 1.86. The molecule has 0 radical (unpaired) electrons. The van der Waals surface area contributed by atoms with Crippen molar-refractivity contribution in [1.82, 2.24) is 5.48 Å². The largest absolute Gasteiger partial charge is 0.484 e. The summed E-state index contributed by atoms with van der Waals surface area (Å²) in [4.78, 5) is 25.4. The Balaban J connectivity index is 2.26. The quantitative estimate of drug-likeness (QED) is 0.703. The molecule has 0 saturated heterocycles. The lowest BCUT2D eigenvalue weighted by molar-refractivity contribution is -0.149. The molecule has 1 aromatic carbocycles. The van der Waals surface area contributed by atoms with Gasteiger partial charge in [0.1, 0.15) is 11.6 Å². The van der Waals surface area contributed by atoms with Crippen LogP contribution in [-0.2, 0) is 14.4 Å². The second-order valence-corrected chi connectivity index (χ2v) is 2.95. The lowest BCUT2D eigenvalue weighted by Gasteiger charge is -2.06. The van der Waals surface area contributed by atoms with E-state index in [0.717, 1.165) is 6.07 Å². The van der Waals surface area contributed by atoms with Gasteiger partial charge in [0, 0.05) is 6.07 Å². The molecule has 7 heteroatoms. The van der Waals surface area contributed by atoms with Gasteiger partial charge in [-0.05, 0) is 12.1 Å². The summed E-state index contributed by atoms with van der Waals surface area (Å²) < 4.78 is 17.6. The van der Waals surface area contributed by atoms with E-state index in [9.17, 15) is 14.0 Å². The molecule has 0 heterocycles. The van der Waals surface area contributed by atoms with E-state index < -0.39 is 30.9 Å². The van der Waals surface area contributed by atoms with Gasteiger partial charge in [-0.15, -0.1) is 0 Å². The molecule has 0 unspecified atom stereocenters. The number of hydrogen-bond donors (Lipinski definition) is 2. The predicted octanol–water partition coefficient (Wildman–Crippen LogP) is 0.337. The minimum absolute atomic E-state index is 0.193. The van der Waals surface area contributed by atoms with Crippen molar-refractivity contribution in [2.45, 2.75) is 0 Å². The number of amides is 1. The summed E-state index contributed by atoms with van der Waals surface area (Å²) in [7, 11) is 0. The second-order valence-electron chi connectivity index (χ2n) is 2.95. The molecule has 0 spiro atoms. The topological polar surface area (TPSA) is 84.9 Å². The van der Waals surface area contributed by atoms with Crippen molar-refractivity contribution < 1.29 is 28.7 Å². The Kier molecular flexibility index (Phi) is 4.89. The van der Waals surface area contributed by atoms with Crippen molar-refractivity contribution in [3.63, 3.8) is 0 Å². The Hall–Kier alpha value is -2.15. The Morgan fingerprint density at radius 1 is 1.35 bits per heavy atom. The summed E-state index contributed by atoms with van der Waals surface area (Å²) in [6, 6.07) is 5.27. The highest BCUT2D eigenvalue weighted by Crippen LogP contribution is 2.11. The molecule has 17 heavy (non-hydrogen) atoms. The Bertz CT molecular complexity index is 409. The van der Waals surface area contributed by atoms with Crippen molar-refractivity contribution in [2.75, 3.05) is 13.2 Å². The lowest BCUT2D eigenvalue weighted by atomic mass is 10.3. The average Bonchev–Trinajstić information content (AvgIpc) is 2.26. The number of benzene rings is 1. The van der Waals surface area contributed by atoms with Crippen LogP contribution in [0.15, 0.2) is 24.3 Å². The van der Waals surface area contributed by atoms with Gasteiger partial charge in [-0.1, -0.05) is 6.07 Å². The molecule has 0 bridgehead atoms. The van der Waals surface area contributed by atoms with Crippen LogP contribution in [-0.4, -0.2) is 30.2 Å². The average molecular weight is 243 g/mol. The van der Waals surface area contributed by atoms with Crippen LogP contribution in [0, 0.1) is 5.82 Å². The van der Waals surface area contributed by atoms with E-state index in [-0.39, 0.29) is 5.75 Å². The van der Waals surface area contributed by atoms with E-state index in [4.69, 9.17) is 9.84 Å². The monoisotopic (exact) mass is 243 g/mol. The molecular weight excluding hydrogens is 233 g/mol. The Morgan fingerprint density at radius 2 is 2.12 bits per heavy atom. The van der Waals surface area contributed by atoms with Crippen LogP contribution in [0.25, 0.3) is 0 Å². The molecule has 0 fully saturated rings. The minimum atomic E-state index is -1.21. The van der Waals surface area contributed by atoms with E-state index in [1.165, 1.54) is 18.2 Å². The number of carbonyl (C=O) groups excluding carboxylic acids is 1. The summed E-state index contributed by atoms with van der Waals surface area (Å²) in [5, 5.41) is 8.22. The molecule has 1 aromatic rings. The second kappa shape index (κ2) is 6.44. The number of aliphatic carboxylic acids is 1. The zero-order valence-corrected chi connectivity index (χ0v) is 8.68. The van der Waals surface area contributed by atoms with Gasteiger partial charge in [0.05, 0.1) is 0 Å². The normalized spacial score (nSPS) is 9.71. The molecule has 0 aromatic heterocycles. The molecular formula is C10H10FNO5. The van der Waals surface area contributed by atoms with Crippen LogP contribution in [0.3, 0.4) is 0 Å². The molecule has 1 amide bonds. The fourth-order valence-corrected chi connectivity index (χ4v) is 0.913. The van der Waals surface area contributed by atoms with Gasteiger partial charge in [0.25, 0.3) is 5.91 Å². The zero-order valence-electron chi connectivity index (χ0n) is 8.68. The van der Waals surface area contributed by atoms with Crippen LogP contribution in [0.4, 0.5) is 4.39 Å². The van der Waals surface area contributed by atoms with Crippen LogP contribution in [0.5, 0.6) is 5.75 Å². The maximum atomic E-state index is 12.7. The predicted molar refractivity (Wildman–Crippen MR) is 53.6 cm³/mol. The number of carboxylic acid groups (broad SMARTS) is 1. The van der Waals surface area contributed by atoms with Gasteiger partial charge in [-0.25, -0.2) is 14.7 Å². The third-order valence-corrected chi connectivity index (χ3v) is 1.55. The van der Waals surface area contributed by atoms with E-state index in [1.54, 1.807) is 0 Å². The van der Waals surface area contributed by atoms with Gasteiger partial charge in [0.2, 0.25) is 0 Å². The molecule has 0 aliphatic heterocycles. The highest BCUT2D eigenvalue weighted by Gasteiger charge is 2.04. The fourth-order valence-electron chi connectivity index (χ4n) is 0.913. The smallest absolute Gasteiger partial charge is 0.332 e. The number of hydroxylamine groups is 1. The standard InChI is InChI=1S/C10H10FNO5/c11-7-2-1-3-8(4-7)16-5-9(13)12-17-6-10(14)15/h1-4H,5-6H2,(H,12,13)(H,14,15). The number of hydrogen-bond acceptors (Lipinski definition) is 4. The first-order valence-corrected chi connectivity index (χ1v) is 4.58. The van der Waals surface area contributed by atoms with Crippen LogP contribution < -0.4 is 10.2 Å². The Morgan fingerprint density at radius 3 is 2.76 bits per heavy atom. The van der Waals surface area contributed by atoms with Gasteiger partial charge < -0.3 is 9.84 Å². The van der Waals surface area contributed by atoms with Crippen molar-refractivity contribution in [1.29, 1.82) is 0 Å². The van der Waals surface area contributed by atoms with Crippen LogP contribution >= 0.6 is 0 Å². The van der Waals surface area contributed by atoms with Crippen molar-refractivity contribution in [3.8, 4) is 5.75 Å². The maximum Gasteiger partial charge on any atom is 0.332 e. The van der Waals surface area contributed by atoms with Gasteiger partial charge in [0.15, 0.2) is 13.2 Å². The Labute approximate surface area is 95.9 Å². The third-order valence-electron chi connectivity index (χ3n) is 1.55. The zero-order chi connectivity index (χ0) is 12.7. The highest BCUT2D eigenvalue weighted by molar-refractivity contribution is 5.76. The number of ether oxygens (including phenoxy) is 1. The SMILES string of the molecule is O=C(O)CONC(=O)COc1cccc(F)c1. The molecule has 1 rings (SSSR count). The van der Waals surface area contributed by atoms with Crippen LogP contribution in [0.1, 0.15) is 0 Å². The number of carboxylic acids is 1. The lowest BCUT2D eigenvalue weighted by Crippen LogP contribution is -2.30. The molecule has 92 valence electrons. The van der Waals surface area contributed by atoms with Crippen LogP contribution in [0.2, 0.25) is 0 Å². The van der Waals surface area contributed by atoms with Gasteiger partial charge in [-0.3, -0.25) is 9.63 Å². The van der Waals surface area contributed by atoms with E-state index in [1.807, 2.05) is 5.48 Å². The van der Waals surface area contributed by atoms with Crippen molar-refractivity contribution in [3.05, 3.63) is 30.1 Å². The number of nitrogens with one attached hydrogen (secondary N) is 1. The van der Waals surface area contributed by atoms with Gasteiger partial charge in [-0.2, -0.15) is 0 Å². The fraction of sp³-hybridized carbons (Fsp3) is 0.200. The summed E-state index contributed by atoms with van der Waals surface area (Å²) in [6.07, 6.45) is 0. The molecule has 0 aliphatic rings. The molecule has 0 aliphatic carbocycles. The molecule has 0 atom stereocenters. The first kappa shape index (κ1) is 12.9. The first-order chi connectivity index (χ1) is 8.08. The first-order valence-electron chi connectivity index (χ1n) is 4.58. The van der Waals surface area contributed by atoms with E-state index >= 15 is 0 Å². The summed E-state index contributed by atoms with van der Waals surface area (Å²) in [5.74, 6) is -2.17. The number of rotatable bonds is 6. The minimum Gasteiger partial charge on any atom is -0.484 e. The number of halogens is 1. The summed E-state index contributed by atoms with van der Waals surface area (Å²) in [6.45, 7) is -1.05. The van der Waals surface area contributed by atoms with E-state index in [2.05, 4.69) is 4.84 Å². The molecule has 0 saturated carbocycles. The molecule has 2 N–H and O–H groups in total. The van der Waals surface area contributed by atoms with E-state index in [0.29, 0.717) is 0 Å². The summed E-state index contributed by atoms with van der Waals surface area (Å²) >= 11 is 0.